The van der Waals surface area contributed by atoms with Gasteiger partial charge in [-0.05, 0) is 39.5 Å². The summed E-state index contributed by atoms with van der Waals surface area (Å²) < 4.78 is 26.6. The summed E-state index contributed by atoms with van der Waals surface area (Å²) >= 11 is 3.36. The number of benzene rings is 3. The van der Waals surface area contributed by atoms with E-state index in [0.717, 1.165) is 25.8 Å². The highest BCUT2D eigenvalue weighted by molar-refractivity contribution is 9.10. The first kappa shape index (κ1) is 18.4. The van der Waals surface area contributed by atoms with Crippen LogP contribution in [0, 0.1) is 0 Å². The number of anilines is 2. The molecule has 3 aromatic rings. The van der Waals surface area contributed by atoms with Crippen LogP contribution in [0.1, 0.15) is 0 Å². The maximum atomic E-state index is 12.5. The van der Waals surface area contributed by atoms with Crippen molar-refractivity contribution < 1.29 is 13.2 Å². The van der Waals surface area contributed by atoms with Crippen molar-refractivity contribution in [3.05, 3.63) is 71.2 Å². The van der Waals surface area contributed by atoms with Crippen molar-refractivity contribution in [2.45, 2.75) is 0 Å². The number of carbonyl (C=O) groups is 1. The van der Waals surface area contributed by atoms with E-state index in [-0.39, 0.29) is 6.54 Å². The van der Waals surface area contributed by atoms with Gasteiger partial charge in [0.2, 0.25) is 15.9 Å². The molecule has 0 atom stereocenters. The van der Waals surface area contributed by atoms with E-state index in [9.17, 15) is 13.2 Å². The fourth-order valence-electron chi connectivity index (χ4n) is 2.69. The monoisotopic (exact) mass is 432 g/mol. The standard InChI is InChI=1S/C19H17BrN2O3S/c1-26(24,25)22(13-19(23)21-17-11-5-4-10-16(17)20)18-12-6-8-14-7-2-3-9-15(14)18/h2-12H,13H2,1H3,(H,21,23). The number of nitrogens with one attached hydrogen (secondary N) is 1. The molecule has 0 radical (unpaired) electrons. The normalized spacial score (nSPS) is 11.3. The Balaban J connectivity index is 1.95. The van der Waals surface area contributed by atoms with Gasteiger partial charge in [0, 0.05) is 9.86 Å². The first-order valence-corrected chi connectivity index (χ1v) is 10.5. The zero-order valence-electron chi connectivity index (χ0n) is 14.0. The largest absolute Gasteiger partial charge is 0.323 e. The van der Waals surface area contributed by atoms with Crippen molar-refractivity contribution in [1.82, 2.24) is 0 Å². The van der Waals surface area contributed by atoms with E-state index in [2.05, 4.69) is 21.2 Å². The van der Waals surface area contributed by atoms with E-state index < -0.39 is 15.9 Å². The van der Waals surface area contributed by atoms with E-state index in [1.165, 1.54) is 0 Å². The van der Waals surface area contributed by atoms with Crippen molar-refractivity contribution in [1.29, 1.82) is 0 Å². The molecular weight excluding hydrogens is 416 g/mol. The van der Waals surface area contributed by atoms with Crippen molar-refractivity contribution in [3.8, 4) is 0 Å². The molecule has 0 fully saturated rings. The van der Waals surface area contributed by atoms with Crippen LogP contribution in [0.3, 0.4) is 0 Å². The third kappa shape index (κ3) is 4.05. The predicted octanol–water partition coefficient (Wildman–Crippen LogP) is 4.01. The highest BCUT2D eigenvalue weighted by Gasteiger charge is 2.22. The average Bonchev–Trinajstić information content (AvgIpc) is 2.60. The molecule has 7 heteroatoms. The molecule has 134 valence electrons. The smallest absolute Gasteiger partial charge is 0.245 e. The van der Waals surface area contributed by atoms with E-state index in [4.69, 9.17) is 0 Å². The summed E-state index contributed by atoms with van der Waals surface area (Å²) in [5.41, 5.74) is 1.07. The molecule has 0 aliphatic rings. The first-order valence-electron chi connectivity index (χ1n) is 7.86. The third-order valence-corrected chi connectivity index (χ3v) is 5.69. The number of sulfonamides is 1. The minimum Gasteiger partial charge on any atom is -0.323 e. The topological polar surface area (TPSA) is 66.5 Å². The maximum absolute atomic E-state index is 12.5. The molecule has 0 aromatic heterocycles. The van der Waals surface area contributed by atoms with Crippen molar-refractivity contribution in [3.63, 3.8) is 0 Å². The number of hydrogen-bond acceptors (Lipinski definition) is 3. The Labute approximate surface area is 160 Å². The molecule has 1 N–H and O–H groups in total. The van der Waals surface area contributed by atoms with Crippen molar-refractivity contribution in [2.75, 3.05) is 22.4 Å². The average molecular weight is 433 g/mol. The second kappa shape index (κ2) is 7.47. The number of nitrogens with zero attached hydrogens (tertiary/aromatic N) is 1. The Bertz CT molecular complexity index is 1060. The summed E-state index contributed by atoms with van der Waals surface area (Å²) in [7, 11) is -3.65. The van der Waals surface area contributed by atoms with Crippen LogP contribution >= 0.6 is 15.9 Å². The van der Waals surface area contributed by atoms with Gasteiger partial charge in [0.25, 0.3) is 0 Å². The summed E-state index contributed by atoms with van der Waals surface area (Å²) in [6.45, 7) is -0.311. The Morgan fingerprint density at radius 3 is 2.38 bits per heavy atom. The van der Waals surface area contributed by atoms with Gasteiger partial charge in [-0.1, -0.05) is 48.5 Å². The van der Waals surface area contributed by atoms with Gasteiger partial charge in [-0.3, -0.25) is 9.10 Å². The number of amides is 1. The highest BCUT2D eigenvalue weighted by Crippen LogP contribution is 2.28. The minimum absolute atomic E-state index is 0.311. The molecule has 5 nitrogen and oxygen atoms in total. The molecule has 0 heterocycles. The highest BCUT2D eigenvalue weighted by atomic mass is 79.9. The van der Waals surface area contributed by atoms with Crippen molar-refractivity contribution >= 4 is 54.0 Å². The van der Waals surface area contributed by atoms with Crippen LogP contribution in [0.4, 0.5) is 11.4 Å². The summed E-state index contributed by atoms with van der Waals surface area (Å²) in [5.74, 6) is -0.421. The van der Waals surface area contributed by atoms with E-state index >= 15 is 0 Å². The van der Waals surface area contributed by atoms with Gasteiger partial charge < -0.3 is 5.32 Å². The van der Waals surface area contributed by atoms with Gasteiger partial charge in [0.05, 0.1) is 17.6 Å². The van der Waals surface area contributed by atoms with Gasteiger partial charge in [-0.25, -0.2) is 8.42 Å². The Morgan fingerprint density at radius 1 is 1.00 bits per heavy atom. The van der Waals surface area contributed by atoms with Gasteiger partial charge in [-0.2, -0.15) is 0 Å². The summed E-state index contributed by atoms with van der Waals surface area (Å²) in [6.07, 6.45) is 1.10. The third-order valence-electron chi connectivity index (χ3n) is 3.87. The number of halogens is 1. The SMILES string of the molecule is CS(=O)(=O)N(CC(=O)Nc1ccccc1Br)c1cccc2ccccc12. The molecule has 3 rings (SSSR count). The lowest BCUT2D eigenvalue weighted by Gasteiger charge is -2.23. The zero-order valence-corrected chi connectivity index (χ0v) is 16.4. The number of fused-ring (bicyclic) bond motifs is 1. The van der Waals surface area contributed by atoms with Gasteiger partial charge in [0.15, 0.2) is 0 Å². The molecule has 0 spiro atoms. The van der Waals surface area contributed by atoms with Gasteiger partial charge in [0.1, 0.15) is 6.54 Å². The molecule has 0 aliphatic carbocycles. The number of carbonyl (C=O) groups excluding carboxylic acids is 1. The molecule has 1 amide bonds. The van der Waals surface area contributed by atoms with Crippen LogP contribution in [-0.4, -0.2) is 27.1 Å². The fourth-order valence-corrected chi connectivity index (χ4v) is 3.94. The number of para-hydroxylation sites is 1. The summed E-state index contributed by atoms with van der Waals surface area (Å²) in [6, 6.07) is 20.0. The lowest BCUT2D eigenvalue weighted by atomic mass is 10.1. The van der Waals surface area contributed by atoms with Gasteiger partial charge in [-0.15, -0.1) is 0 Å². The molecule has 0 saturated carbocycles. The van der Waals surface area contributed by atoms with Gasteiger partial charge >= 0.3 is 0 Å². The second-order valence-corrected chi connectivity index (χ2v) is 8.56. The van der Waals surface area contributed by atoms with Crippen LogP contribution in [-0.2, 0) is 14.8 Å². The van der Waals surface area contributed by atoms with E-state index in [0.29, 0.717) is 11.4 Å². The quantitative estimate of drug-likeness (QED) is 0.662. The number of hydrogen-bond donors (Lipinski definition) is 1. The van der Waals surface area contributed by atoms with Crippen LogP contribution < -0.4 is 9.62 Å². The second-order valence-electron chi connectivity index (χ2n) is 5.80. The van der Waals surface area contributed by atoms with Crippen molar-refractivity contribution in [2.24, 2.45) is 0 Å². The van der Waals surface area contributed by atoms with Crippen LogP contribution in [0.5, 0.6) is 0 Å². The molecule has 0 aliphatic heterocycles. The molecule has 0 unspecified atom stereocenters. The molecule has 3 aromatic carbocycles. The van der Waals surface area contributed by atoms with Crippen LogP contribution in [0.15, 0.2) is 71.2 Å². The molecule has 0 bridgehead atoms. The lowest BCUT2D eigenvalue weighted by Crippen LogP contribution is -2.37. The molecular formula is C19H17BrN2O3S. The molecule has 26 heavy (non-hydrogen) atoms. The first-order chi connectivity index (χ1) is 12.4. The van der Waals surface area contributed by atoms with E-state index in [1.54, 1.807) is 30.3 Å². The summed E-state index contributed by atoms with van der Waals surface area (Å²) in [5, 5.41) is 4.42. The number of rotatable bonds is 5. The Hall–Kier alpha value is -2.38. The Morgan fingerprint density at radius 2 is 1.65 bits per heavy atom. The van der Waals surface area contributed by atoms with E-state index in [1.807, 2.05) is 36.4 Å². The predicted molar refractivity (Wildman–Crippen MR) is 109 cm³/mol. The van der Waals surface area contributed by atoms with Crippen LogP contribution in [0.25, 0.3) is 10.8 Å². The fraction of sp³-hybridized carbons (Fsp3) is 0.105. The Kier molecular flexibility index (Phi) is 5.29. The zero-order chi connectivity index (χ0) is 18.7. The minimum atomic E-state index is -3.65. The molecule has 0 saturated heterocycles. The summed E-state index contributed by atoms with van der Waals surface area (Å²) in [4.78, 5) is 12.5. The van der Waals surface area contributed by atoms with Crippen LogP contribution in [0.2, 0.25) is 0 Å². The maximum Gasteiger partial charge on any atom is 0.245 e. The lowest BCUT2D eigenvalue weighted by molar-refractivity contribution is -0.114.